The maximum absolute atomic E-state index is 12.8. The summed E-state index contributed by atoms with van der Waals surface area (Å²) in [6, 6.07) is -1.64. The number of amides is 1. The number of piperidine rings is 1. The smallest absolute Gasteiger partial charge is 0.408 e. The van der Waals surface area contributed by atoms with Gasteiger partial charge in [0.25, 0.3) is 5.92 Å². The molecule has 1 aliphatic rings. The van der Waals surface area contributed by atoms with Crippen LogP contribution in [0.2, 0.25) is 0 Å². The van der Waals surface area contributed by atoms with Gasteiger partial charge in [-0.2, -0.15) is 0 Å². The minimum Gasteiger partial charge on any atom is -0.480 e. The van der Waals surface area contributed by atoms with Crippen LogP contribution in [0.1, 0.15) is 12.8 Å². The normalized spacial score (nSPS) is 25.9. The van der Waals surface area contributed by atoms with Gasteiger partial charge in [0.05, 0.1) is 0 Å². The lowest BCUT2D eigenvalue weighted by Crippen LogP contribution is -2.52. The number of hydrogen-bond acceptors (Lipinski definition) is 2. The summed E-state index contributed by atoms with van der Waals surface area (Å²) >= 11 is 0. The van der Waals surface area contributed by atoms with Crippen LogP contribution in [0.15, 0.2) is 0 Å². The summed E-state index contributed by atoms with van der Waals surface area (Å²) in [6.45, 7) is -0.445. The van der Waals surface area contributed by atoms with Crippen molar-refractivity contribution >= 4 is 12.1 Å². The zero-order chi connectivity index (χ0) is 10.9. The fourth-order valence-electron chi connectivity index (χ4n) is 1.38. The second-order valence-electron chi connectivity index (χ2n) is 3.14. The quantitative estimate of drug-likeness (QED) is 0.671. The molecule has 1 aliphatic heterocycles. The average molecular weight is 209 g/mol. The molecule has 0 aromatic heterocycles. The Balaban J connectivity index is 2.81. The predicted octanol–water partition coefficient (Wildman–Crippen LogP) is 0.849. The molecule has 0 aromatic carbocycles. The molecule has 0 spiro atoms. The van der Waals surface area contributed by atoms with Crippen molar-refractivity contribution in [1.82, 2.24) is 4.90 Å². The van der Waals surface area contributed by atoms with Crippen LogP contribution in [0.3, 0.4) is 0 Å². The summed E-state index contributed by atoms with van der Waals surface area (Å²) in [5.74, 6) is -4.62. The highest BCUT2D eigenvalue weighted by molar-refractivity contribution is 5.79. The molecule has 0 bridgehead atoms. The first kappa shape index (κ1) is 10.7. The van der Waals surface area contributed by atoms with E-state index in [1.165, 1.54) is 0 Å². The highest BCUT2D eigenvalue weighted by Crippen LogP contribution is 2.31. The van der Waals surface area contributed by atoms with E-state index in [-0.39, 0.29) is 0 Å². The number of alkyl halides is 2. The van der Waals surface area contributed by atoms with Gasteiger partial charge in [-0.1, -0.05) is 0 Å². The molecule has 1 saturated heterocycles. The monoisotopic (exact) mass is 209 g/mol. The van der Waals surface area contributed by atoms with Crippen LogP contribution in [-0.4, -0.2) is 45.7 Å². The number of halogens is 2. The Morgan fingerprint density at radius 2 is 1.93 bits per heavy atom. The van der Waals surface area contributed by atoms with Crippen LogP contribution in [0, 0.1) is 0 Å². The van der Waals surface area contributed by atoms with Crippen molar-refractivity contribution in [2.75, 3.05) is 6.54 Å². The first-order valence-corrected chi connectivity index (χ1v) is 3.94. The van der Waals surface area contributed by atoms with Crippen molar-refractivity contribution < 1.29 is 28.6 Å². The predicted molar refractivity (Wildman–Crippen MR) is 40.3 cm³/mol. The third-order valence-corrected chi connectivity index (χ3v) is 2.12. The summed E-state index contributed by atoms with van der Waals surface area (Å²) in [5, 5.41) is 17.1. The lowest BCUT2D eigenvalue weighted by atomic mass is 9.99. The summed E-state index contributed by atoms with van der Waals surface area (Å²) in [4.78, 5) is 21.5. The number of rotatable bonds is 1. The number of aliphatic carboxylic acids is 1. The van der Waals surface area contributed by atoms with E-state index in [0.29, 0.717) is 4.90 Å². The van der Waals surface area contributed by atoms with Gasteiger partial charge in [0.1, 0.15) is 6.04 Å². The van der Waals surface area contributed by atoms with Crippen molar-refractivity contribution in [2.45, 2.75) is 24.8 Å². The molecule has 14 heavy (non-hydrogen) atoms. The van der Waals surface area contributed by atoms with Crippen molar-refractivity contribution in [3.63, 3.8) is 0 Å². The van der Waals surface area contributed by atoms with Gasteiger partial charge in [-0.05, 0) is 0 Å². The van der Waals surface area contributed by atoms with E-state index in [9.17, 15) is 18.4 Å². The molecule has 1 amide bonds. The Morgan fingerprint density at radius 1 is 1.36 bits per heavy atom. The summed E-state index contributed by atoms with van der Waals surface area (Å²) in [7, 11) is 0. The Hall–Kier alpha value is -1.40. The van der Waals surface area contributed by atoms with Gasteiger partial charge in [0, 0.05) is 19.4 Å². The second kappa shape index (κ2) is 3.39. The molecular formula is C7H9F2NO4. The van der Waals surface area contributed by atoms with Crippen molar-refractivity contribution in [2.24, 2.45) is 0 Å². The van der Waals surface area contributed by atoms with Gasteiger partial charge in [-0.15, -0.1) is 0 Å². The fraction of sp³-hybridized carbons (Fsp3) is 0.714. The first-order chi connectivity index (χ1) is 6.33. The molecule has 2 N–H and O–H groups in total. The molecule has 0 saturated carbocycles. The highest BCUT2D eigenvalue weighted by atomic mass is 19.3. The van der Waals surface area contributed by atoms with Crippen molar-refractivity contribution in [3.8, 4) is 0 Å². The molecule has 1 unspecified atom stereocenters. The summed E-state index contributed by atoms with van der Waals surface area (Å²) in [5.41, 5.74) is 0. The van der Waals surface area contributed by atoms with E-state index in [0.717, 1.165) is 0 Å². The molecule has 80 valence electrons. The zero-order valence-electron chi connectivity index (χ0n) is 7.11. The zero-order valence-corrected chi connectivity index (χ0v) is 7.11. The molecule has 1 rings (SSSR count). The largest absolute Gasteiger partial charge is 0.480 e. The number of carboxylic acids is 1. The van der Waals surface area contributed by atoms with Crippen LogP contribution < -0.4 is 0 Å². The SMILES string of the molecule is O=C(O)C1CC(F)(F)CCN1C(=O)O. The fourth-order valence-corrected chi connectivity index (χ4v) is 1.38. The minimum atomic E-state index is -3.09. The number of nitrogens with zero attached hydrogens (tertiary/aromatic N) is 1. The maximum atomic E-state index is 12.8. The molecule has 1 atom stereocenters. The highest BCUT2D eigenvalue weighted by Gasteiger charge is 2.45. The molecule has 7 heteroatoms. The molecule has 0 aromatic rings. The van der Waals surface area contributed by atoms with Gasteiger partial charge in [0.2, 0.25) is 0 Å². The van der Waals surface area contributed by atoms with Crippen LogP contribution in [0.4, 0.5) is 13.6 Å². The van der Waals surface area contributed by atoms with E-state index >= 15 is 0 Å². The van der Waals surface area contributed by atoms with Crippen LogP contribution >= 0.6 is 0 Å². The van der Waals surface area contributed by atoms with Gasteiger partial charge in [0.15, 0.2) is 0 Å². The van der Waals surface area contributed by atoms with E-state index in [1.807, 2.05) is 0 Å². The Labute approximate surface area is 77.9 Å². The first-order valence-electron chi connectivity index (χ1n) is 3.94. The number of likely N-dealkylation sites (tertiary alicyclic amines) is 1. The third-order valence-electron chi connectivity index (χ3n) is 2.12. The van der Waals surface area contributed by atoms with Gasteiger partial charge in [-0.25, -0.2) is 18.4 Å². The Bertz CT molecular complexity index is 268. The van der Waals surface area contributed by atoms with Gasteiger partial charge in [-0.3, -0.25) is 4.90 Å². The lowest BCUT2D eigenvalue weighted by Gasteiger charge is -2.34. The molecule has 5 nitrogen and oxygen atoms in total. The van der Waals surface area contributed by atoms with E-state index in [4.69, 9.17) is 10.2 Å². The number of carboxylic acid groups (broad SMARTS) is 2. The van der Waals surface area contributed by atoms with E-state index in [2.05, 4.69) is 0 Å². The Morgan fingerprint density at radius 3 is 2.36 bits per heavy atom. The molecule has 0 radical (unpaired) electrons. The standard InChI is InChI=1S/C7H9F2NO4/c8-7(9)1-2-10(6(13)14)4(3-7)5(11)12/h4H,1-3H2,(H,11,12)(H,13,14). The maximum Gasteiger partial charge on any atom is 0.408 e. The molecule has 1 heterocycles. The lowest BCUT2D eigenvalue weighted by molar-refractivity contribution is -0.151. The molecule has 1 fully saturated rings. The van der Waals surface area contributed by atoms with Crippen molar-refractivity contribution in [1.29, 1.82) is 0 Å². The number of carbonyl (C=O) groups is 2. The van der Waals surface area contributed by atoms with Crippen LogP contribution in [0.25, 0.3) is 0 Å². The number of hydrogen-bond donors (Lipinski definition) is 2. The van der Waals surface area contributed by atoms with Gasteiger partial charge >= 0.3 is 12.1 Å². The molecule has 0 aliphatic carbocycles. The van der Waals surface area contributed by atoms with Crippen LogP contribution in [0.5, 0.6) is 0 Å². The Kier molecular flexibility index (Phi) is 2.59. The van der Waals surface area contributed by atoms with Crippen LogP contribution in [-0.2, 0) is 4.79 Å². The summed E-state index contributed by atoms with van der Waals surface area (Å²) < 4.78 is 25.5. The second-order valence-corrected chi connectivity index (χ2v) is 3.14. The summed E-state index contributed by atoms with van der Waals surface area (Å²) in [6.07, 6.45) is -3.05. The third kappa shape index (κ3) is 2.09. The van der Waals surface area contributed by atoms with E-state index < -0.39 is 43.4 Å². The molecular weight excluding hydrogens is 200 g/mol. The van der Waals surface area contributed by atoms with Gasteiger partial charge < -0.3 is 10.2 Å². The average Bonchev–Trinajstić information content (AvgIpc) is 2.01. The topological polar surface area (TPSA) is 77.8 Å². The van der Waals surface area contributed by atoms with Crippen molar-refractivity contribution in [3.05, 3.63) is 0 Å². The van der Waals surface area contributed by atoms with E-state index in [1.54, 1.807) is 0 Å². The minimum absolute atomic E-state index is 0.445.